The largest absolute Gasteiger partial charge is 0.378 e. The molecule has 1 saturated heterocycles. The lowest BCUT2D eigenvalue weighted by Crippen LogP contribution is -2.36. The standard InChI is InChI=1S/C27H25ClN4O6S3/c28-22-4-1-2-5-23(22)31-40(34,35)21-11-12-25(32-13-15-38-16-14-32)24(18-21)29-27(33)19-7-9-20(10-8-19)30-41(36,37)26-6-3-17-39-26/h1-12,17-18,30-31H,13-16H2,(H,29,33). The zero-order valence-corrected chi connectivity index (χ0v) is 24.6. The van der Waals surface area contributed by atoms with E-state index in [0.717, 1.165) is 11.3 Å². The van der Waals surface area contributed by atoms with Gasteiger partial charge in [-0.05, 0) is 66.0 Å². The van der Waals surface area contributed by atoms with Crippen molar-refractivity contribution in [2.45, 2.75) is 9.10 Å². The molecule has 41 heavy (non-hydrogen) atoms. The number of amides is 1. The van der Waals surface area contributed by atoms with Gasteiger partial charge in [0, 0.05) is 24.3 Å². The van der Waals surface area contributed by atoms with Gasteiger partial charge in [0.05, 0.1) is 40.2 Å². The van der Waals surface area contributed by atoms with Crippen LogP contribution < -0.4 is 19.7 Å². The number of halogens is 1. The molecular formula is C27H25ClN4O6S3. The molecule has 0 unspecified atom stereocenters. The van der Waals surface area contributed by atoms with Gasteiger partial charge in [0.2, 0.25) is 0 Å². The molecule has 0 atom stereocenters. The van der Waals surface area contributed by atoms with E-state index >= 15 is 0 Å². The number of anilines is 4. The van der Waals surface area contributed by atoms with Crippen molar-refractivity contribution in [2.24, 2.45) is 0 Å². The summed E-state index contributed by atoms with van der Waals surface area (Å²) in [5, 5.41) is 4.74. The third-order valence-electron chi connectivity index (χ3n) is 6.16. The predicted octanol–water partition coefficient (Wildman–Crippen LogP) is 5.09. The van der Waals surface area contributed by atoms with Gasteiger partial charge < -0.3 is 15.0 Å². The van der Waals surface area contributed by atoms with Gasteiger partial charge in [-0.1, -0.05) is 29.8 Å². The van der Waals surface area contributed by atoms with Crippen molar-refractivity contribution in [3.8, 4) is 0 Å². The van der Waals surface area contributed by atoms with Crippen LogP contribution >= 0.6 is 22.9 Å². The highest BCUT2D eigenvalue weighted by Crippen LogP contribution is 2.32. The van der Waals surface area contributed by atoms with Crippen LogP contribution in [0.5, 0.6) is 0 Å². The van der Waals surface area contributed by atoms with Gasteiger partial charge in [-0.3, -0.25) is 14.2 Å². The summed E-state index contributed by atoms with van der Waals surface area (Å²) in [6.07, 6.45) is 0. The van der Waals surface area contributed by atoms with E-state index in [1.165, 1.54) is 42.5 Å². The number of rotatable bonds is 9. The second kappa shape index (κ2) is 12.1. The number of sulfonamides is 2. The number of hydrogen-bond acceptors (Lipinski definition) is 8. The summed E-state index contributed by atoms with van der Waals surface area (Å²) < 4.78 is 62.0. The molecule has 0 bridgehead atoms. The molecule has 3 N–H and O–H groups in total. The first-order valence-corrected chi connectivity index (χ1v) is 16.6. The maximum atomic E-state index is 13.3. The summed E-state index contributed by atoms with van der Waals surface area (Å²) in [5.74, 6) is -0.499. The van der Waals surface area contributed by atoms with Gasteiger partial charge in [0.15, 0.2) is 0 Å². The first kappa shape index (κ1) is 28.9. The minimum Gasteiger partial charge on any atom is -0.378 e. The van der Waals surface area contributed by atoms with E-state index in [1.54, 1.807) is 41.8 Å². The normalized spacial score (nSPS) is 13.9. The lowest BCUT2D eigenvalue weighted by Gasteiger charge is -2.30. The highest BCUT2D eigenvalue weighted by atomic mass is 35.5. The third kappa shape index (κ3) is 6.82. The molecule has 2 heterocycles. The lowest BCUT2D eigenvalue weighted by molar-refractivity contribution is 0.102. The lowest BCUT2D eigenvalue weighted by atomic mass is 10.1. The maximum absolute atomic E-state index is 13.3. The van der Waals surface area contributed by atoms with E-state index < -0.39 is 26.0 Å². The van der Waals surface area contributed by atoms with Crippen molar-refractivity contribution >= 4 is 71.6 Å². The zero-order valence-electron chi connectivity index (χ0n) is 21.4. The molecule has 0 aliphatic carbocycles. The van der Waals surface area contributed by atoms with Crippen LogP contribution in [0.3, 0.4) is 0 Å². The molecule has 14 heteroatoms. The average Bonchev–Trinajstić information content (AvgIpc) is 3.51. The molecule has 1 aliphatic rings. The molecule has 4 aromatic rings. The summed E-state index contributed by atoms with van der Waals surface area (Å²) in [7, 11) is -7.77. The number of morpholine rings is 1. The molecule has 0 spiro atoms. The minimum absolute atomic E-state index is 0.0666. The van der Waals surface area contributed by atoms with Gasteiger partial charge in [-0.2, -0.15) is 0 Å². The zero-order chi connectivity index (χ0) is 29.0. The minimum atomic E-state index is -4.04. The van der Waals surface area contributed by atoms with E-state index in [4.69, 9.17) is 16.3 Å². The monoisotopic (exact) mass is 632 g/mol. The van der Waals surface area contributed by atoms with Crippen LogP contribution in [-0.4, -0.2) is 49.0 Å². The fourth-order valence-electron chi connectivity index (χ4n) is 4.12. The Morgan fingerprint density at radius 1 is 0.829 bits per heavy atom. The van der Waals surface area contributed by atoms with Crippen molar-refractivity contribution in [1.29, 1.82) is 0 Å². The van der Waals surface area contributed by atoms with Crippen molar-refractivity contribution < 1.29 is 26.4 Å². The van der Waals surface area contributed by atoms with Gasteiger partial charge in [-0.25, -0.2) is 16.8 Å². The maximum Gasteiger partial charge on any atom is 0.271 e. The highest BCUT2D eigenvalue weighted by Gasteiger charge is 2.22. The molecule has 3 aromatic carbocycles. The Balaban J connectivity index is 1.40. The number of ether oxygens (including phenoxy) is 1. The summed E-state index contributed by atoms with van der Waals surface area (Å²) in [6.45, 7) is 2.10. The summed E-state index contributed by atoms with van der Waals surface area (Å²) in [5.41, 5.74) is 1.70. The second-order valence-electron chi connectivity index (χ2n) is 8.93. The number of carbonyl (C=O) groups is 1. The molecule has 1 amide bonds. The molecule has 5 rings (SSSR count). The Labute approximate surface area is 247 Å². The predicted molar refractivity (Wildman–Crippen MR) is 161 cm³/mol. The van der Waals surface area contributed by atoms with Crippen LogP contribution in [0.2, 0.25) is 5.02 Å². The van der Waals surface area contributed by atoms with E-state index in [0.29, 0.717) is 43.4 Å². The van der Waals surface area contributed by atoms with E-state index in [1.807, 2.05) is 4.90 Å². The topological polar surface area (TPSA) is 134 Å². The van der Waals surface area contributed by atoms with Crippen molar-refractivity contribution in [2.75, 3.05) is 46.0 Å². The number of nitrogens with one attached hydrogen (secondary N) is 3. The smallest absolute Gasteiger partial charge is 0.271 e. The SMILES string of the molecule is O=C(Nc1cc(S(=O)(=O)Nc2ccccc2Cl)ccc1N1CCOCC1)c1ccc(NS(=O)(=O)c2cccs2)cc1. The van der Waals surface area contributed by atoms with Crippen LogP contribution in [0.4, 0.5) is 22.7 Å². The molecule has 214 valence electrons. The Bertz CT molecular complexity index is 1760. The Hall–Kier alpha value is -3.62. The number of para-hydroxylation sites is 1. The van der Waals surface area contributed by atoms with Gasteiger partial charge in [-0.15, -0.1) is 11.3 Å². The summed E-state index contributed by atoms with van der Waals surface area (Å²) >= 11 is 7.24. The molecule has 0 saturated carbocycles. The quantitative estimate of drug-likeness (QED) is 0.234. The van der Waals surface area contributed by atoms with Crippen molar-refractivity contribution in [1.82, 2.24) is 0 Å². The van der Waals surface area contributed by atoms with E-state index in [9.17, 15) is 21.6 Å². The van der Waals surface area contributed by atoms with Crippen molar-refractivity contribution in [3.05, 3.63) is 94.8 Å². The van der Waals surface area contributed by atoms with Crippen LogP contribution in [0.1, 0.15) is 10.4 Å². The van der Waals surface area contributed by atoms with Crippen LogP contribution in [0, 0.1) is 0 Å². The number of carbonyl (C=O) groups excluding carboxylic acids is 1. The van der Waals surface area contributed by atoms with Crippen LogP contribution in [-0.2, 0) is 24.8 Å². The fourth-order valence-corrected chi connectivity index (χ4v) is 7.51. The van der Waals surface area contributed by atoms with E-state index in [2.05, 4.69) is 14.8 Å². The first-order valence-electron chi connectivity index (χ1n) is 12.3. The molecule has 0 radical (unpaired) electrons. The Morgan fingerprint density at radius 3 is 2.24 bits per heavy atom. The molecule has 1 aromatic heterocycles. The van der Waals surface area contributed by atoms with Crippen LogP contribution in [0.15, 0.2) is 93.3 Å². The second-order valence-corrected chi connectivity index (χ2v) is 13.9. The third-order valence-corrected chi connectivity index (χ3v) is 10.6. The fraction of sp³-hybridized carbons (Fsp3) is 0.148. The number of hydrogen-bond donors (Lipinski definition) is 3. The van der Waals surface area contributed by atoms with Gasteiger partial charge >= 0.3 is 0 Å². The first-order chi connectivity index (χ1) is 19.6. The molecular weight excluding hydrogens is 608 g/mol. The van der Waals surface area contributed by atoms with E-state index in [-0.39, 0.29) is 25.4 Å². The number of benzene rings is 3. The number of thiophene rings is 1. The van der Waals surface area contributed by atoms with Gasteiger partial charge in [0.1, 0.15) is 4.21 Å². The Morgan fingerprint density at radius 2 is 1.56 bits per heavy atom. The van der Waals surface area contributed by atoms with Crippen LogP contribution in [0.25, 0.3) is 0 Å². The average molecular weight is 633 g/mol. The summed E-state index contributed by atoms with van der Waals surface area (Å²) in [4.78, 5) is 15.2. The summed E-state index contributed by atoms with van der Waals surface area (Å²) in [6, 6.07) is 20.1. The molecule has 1 aliphatic heterocycles. The molecule has 1 fully saturated rings. The number of nitrogens with zero attached hydrogens (tertiary/aromatic N) is 1. The van der Waals surface area contributed by atoms with Gasteiger partial charge in [0.25, 0.3) is 26.0 Å². The van der Waals surface area contributed by atoms with Crippen molar-refractivity contribution in [3.63, 3.8) is 0 Å². The Kier molecular flexibility index (Phi) is 8.52. The highest BCUT2D eigenvalue weighted by molar-refractivity contribution is 7.94. The molecule has 10 nitrogen and oxygen atoms in total.